The van der Waals surface area contributed by atoms with Gasteiger partial charge in [-0.15, -0.1) is 0 Å². The number of nitrogens with zero attached hydrogens (tertiary/aromatic N) is 10. The van der Waals surface area contributed by atoms with Crippen molar-refractivity contribution < 1.29 is 67.0 Å². The van der Waals surface area contributed by atoms with E-state index in [1.54, 1.807) is 14.1 Å². The Bertz CT molecular complexity index is 2020. The number of ketones is 2. The van der Waals surface area contributed by atoms with Gasteiger partial charge in [0.05, 0.1) is 88.6 Å². The maximum atomic E-state index is 12.0. The molecule has 2 aromatic rings. The van der Waals surface area contributed by atoms with Crippen LogP contribution in [0.15, 0.2) is 58.8 Å². The van der Waals surface area contributed by atoms with Crippen LogP contribution in [0.1, 0.15) is 51.4 Å². The third-order valence-electron chi connectivity index (χ3n) is 8.68. The van der Waals surface area contributed by atoms with Gasteiger partial charge in [-0.3, -0.25) is 39.4 Å². The van der Waals surface area contributed by atoms with E-state index in [4.69, 9.17) is 52.1 Å². The van der Waals surface area contributed by atoms with Crippen molar-refractivity contribution in [2.75, 3.05) is 106 Å². The molecule has 3 N–H and O–H groups in total. The van der Waals surface area contributed by atoms with Crippen molar-refractivity contribution >= 4 is 57.9 Å². The number of carbonyl (C=O) groups is 6. The first-order chi connectivity index (χ1) is 34.0. The summed E-state index contributed by atoms with van der Waals surface area (Å²) in [5.74, 6) is -0.0431. The Morgan fingerprint density at radius 1 is 0.620 bits per heavy atom. The largest absolute Gasteiger partial charge is 0.414 e. The highest BCUT2D eigenvalue weighted by atomic mass is 35.5. The maximum absolute atomic E-state index is 12.0. The first-order valence-corrected chi connectivity index (χ1v) is 22.3. The van der Waals surface area contributed by atoms with Crippen molar-refractivity contribution in [3.63, 3.8) is 0 Å². The Morgan fingerprint density at radius 2 is 1.01 bits per heavy atom. The molecule has 0 aliphatic rings. The van der Waals surface area contributed by atoms with Crippen LogP contribution in [0.5, 0.6) is 11.5 Å². The van der Waals surface area contributed by atoms with Crippen molar-refractivity contribution in [2.24, 2.45) is 16.0 Å². The summed E-state index contributed by atoms with van der Waals surface area (Å²) in [6.45, 7) is 4.13. The minimum Gasteiger partial charge on any atom is -0.414 e. The molecule has 0 heterocycles. The zero-order valence-corrected chi connectivity index (χ0v) is 40.4. The first-order valence-electron chi connectivity index (χ1n) is 21.9. The summed E-state index contributed by atoms with van der Waals surface area (Å²) in [5, 5.41) is 30.1. The summed E-state index contributed by atoms with van der Waals surface area (Å²) in [4.78, 5) is 97.1. The molecule has 0 saturated carbocycles. The van der Waals surface area contributed by atoms with Gasteiger partial charge in [0.15, 0.2) is 11.6 Å². The normalized spacial score (nSPS) is 10.0. The lowest BCUT2D eigenvalue weighted by Gasteiger charge is -2.16. The lowest BCUT2D eigenvalue weighted by molar-refractivity contribution is -0.385. The molecular formula is C42H61ClN12O16. The smallest absolute Gasteiger partial charge is 0.412 e. The number of rotatable bonds is 35. The van der Waals surface area contributed by atoms with Gasteiger partial charge in [-0.1, -0.05) is 10.2 Å². The van der Waals surface area contributed by atoms with E-state index in [2.05, 4.69) is 30.1 Å². The number of unbranched alkanes of at least 4 members (excludes halogenated alkanes) is 2. The lowest BCUT2D eigenvalue weighted by Crippen LogP contribution is -2.32. The fourth-order valence-electron chi connectivity index (χ4n) is 5.12. The zero-order valence-electron chi connectivity index (χ0n) is 39.6. The van der Waals surface area contributed by atoms with E-state index in [1.165, 1.54) is 58.3 Å². The van der Waals surface area contributed by atoms with Gasteiger partial charge >= 0.3 is 11.5 Å². The van der Waals surface area contributed by atoms with E-state index in [9.17, 15) is 49.0 Å². The summed E-state index contributed by atoms with van der Waals surface area (Å²) in [6, 6.07) is 10.1. The third kappa shape index (κ3) is 36.6. The van der Waals surface area contributed by atoms with Gasteiger partial charge in [0.1, 0.15) is 11.5 Å². The Labute approximate surface area is 413 Å². The van der Waals surface area contributed by atoms with Crippen LogP contribution in [0.2, 0.25) is 0 Å². The summed E-state index contributed by atoms with van der Waals surface area (Å²) in [6.07, 6.45) is 2.94. The number of non-ortho nitro benzene ring substituents is 2. The lowest BCUT2D eigenvalue weighted by atomic mass is 10.1. The molecule has 0 bridgehead atoms. The fourth-order valence-corrected chi connectivity index (χ4v) is 5.21. The van der Waals surface area contributed by atoms with Crippen LogP contribution in [0.3, 0.4) is 0 Å². The van der Waals surface area contributed by atoms with Gasteiger partial charge < -0.3 is 49.3 Å². The van der Waals surface area contributed by atoms with Gasteiger partial charge in [0, 0.05) is 98.8 Å². The second-order valence-electron chi connectivity index (χ2n) is 14.3. The molecule has 0 aliphatic carbocycles. The van der Waals surface area contributed by atoms with E-state index in [-0.39, 0.29) is 105 Å². The minimum absolute atomic E-state index is 0.00195. The number of ether oxygens (including phenoxy) is 6. The average Bonchev–Trinajstić information content (AvgIpc) is 3.33. The molecule has 0 atom stereocenters. The molecule has 0 unspecified atom stereocenters. The molecule has 0 aromatic heterocycles. The predicted molar refractivity (Wildman–Crippen MR) is 255 cm³/mol. The van der Waals surface area contributed by atoms with Crippen molar-refractivity contribution in [1.82, 2.24) is 15.1 Å². The third-order valence-corrected chi connectivity index (χ3v) is 8.76. The van der Waals surface area contributed by atoms with Gasteiger partial charge in [0.25, 0.3) is 11.4 Å². The van der Waals surface area contributed by atoms with Crippen molar-refractivity contribution in [3.8, 4) is 11.5 Å². The van der Waals surface area contributed by atoms with E-state index < -0.39 is 21.4 Å². The highest BCUT2D eigenvalue weighted by Crippen LogP contribution is 2.18. The summed E-state index contributed by atoms with van der Waals surface area (Å²) >= 11 is 4.92. The van der Waals surface area contributed by atoms with Crippen LogP contribution in [0.4, 0.5) is 21.0 Å². The molecule has 0 fully saturated rings. The summed E-state index contributed by atoms with van der Waals surface area (Å²) < 4.78 is 30.5. The van der Waals surface area contributed by atoms with E-state index >= 15 is 0 Å². The number of amides is 3. The number of nitro groups is 2. The van der Waals surface area contributed by atoms with Crippen LogP contribution >= 0.6 is 11.6 Å². The van der Waals surface area contributed by atoms with Gasteiger partial charge in [-0.25, -0.2) is 9.59 Å². The van der Waals surface area contributed by atoms with E-state index in [0.29, 0.717) is 84.6 Å². The molecule has 392 valence electrons. The van der Waals surface area contributed by atoms with E-state index in [1.807, 2.05) is 0 Å². The highest BCUT2D eigenvalue weighted by Gasteiger charge is 2.14. The van der Waals surface area contributed by atoms with Crippen LogP contribution in [-0.4, -0.2) is 161 Å². The molecule has 0 spiro atoms. The summed E-state index contributed by atoms with van der Waals surface area (Å²) in [7, 11) is 3.16. The molecule has 2 rings (SSSR count). The molecule has 28 nitrogen and oxygen atoms in total. The standard InChI is InChI=1S/C21H30N6O8.C14H27N5O4.C7H4ClNO4/c1-26(16-18(28)4-2-3-10-24-25-22)20(29)9-12-33-14-15-34-13-11-23-21(30)35-19-7-5-17(6-8-19)27(31)32;1-19(12-13(20)4-2-3-7-17-18-16)14(21)5-8-22-10-11-23-9-6-15;8-7(10)13-6-3-1-5(2-4-6)9(11)12/h5-8H,2-4,9-16H2,1H3,(H,23,30);2-12,15H2,1H3;1-4H. The number of nitrogens with two attached hydrogens (primary N) is 1. The Kier molecular flexibility index (Phi) is 37.8. The quantitative estimate of drug-likeness (QED) is 0.0156. The Hall–Kier alpha value is -7.03. The van der Waals surface area contributed by atoms with Crippen LogP contribution in [0, 0.1) is 20.2 Å². The number of likely N-dealkylation sites (N-methyl/N-ethyl adjacent to an activating group) is 2. The number of hydrogen-bond donors (Lipinski definition) is 2. The molecule has 71 heavy (non-hydrogen) atoms. The fraction of sp³-hybridized carbons (Fsp3) is 0.571. The van der Waals surface area contributed by atoms with Crippen LogP contribution in [0.25, 0.3) is 20.9 Å². The number of Topliss-reactive ketones (excluding diaryl/α,β-unsaturated/α-hetero) is 2. The second-order valence-corrected chi connectivity index (χ2v) is 14.6. The van der Waals surface area contributed by atoms with Gasteiger partial charge in [-0.2, -0.15) is 0 Å². The molecule has 0 aliphatic heterocycles. The minimum atomic E-state index is -0.978. The average molecular weight is 1030 g/mol. The van der Waals surface area contributed by atoms with Crippen LogP contribution in [-0.2, 0) is 38.1 Å². The highest BCUT2D eigenvalue weighted by molar-refractivity contribution is 6.61. The number of benzene rings is 2. The monoisotopic (exact) mass is 1020 g/mol. The predicted octanol–water partition coefficient (Wildman–Crippen LogP) is 5.82. The first kappa shape index (κ1) is 64.0. The number of halogens is 1. The molecule has 2 aromatic carbocycles. The molecule has 0 radical (unpaired) electrons. The number of nitro benzene ring substituents is 2. The number of nitrogens with one attached hydrogen (secondary N) is 1. The van der Waals surface area contributed by atoms with Crippen LogP contribution < -0.4 is 20.5 Å². The van der Waals surface area contributed by atoms with E-state index in [0.717, 1.165) is 0 Å². The molecule has 3 amide bonds. The maximum Gasteiger partial charge on any atom is 0.412 e. The Balaban J connectivity index is 0.00000116. The van der Waals surface area contributed by atoms with Crippen molar-refractivity contribution in [3.05, 3.63) is 89.6 Å². The SMILES string of the molecule is CN(CC(=O)CCCCN=[N+]=[N-])C(=O)CCOCCOCCN.CN(CC(=O)CCCCN=[N+]=[N-])C(=O)CCOCCOCCNC(=O)Oc1ccc([N+](=O)[O-])cc1.O=C(Cl)Oc1ccc([N+](=O)[O-])cc1. The van der Waals surface area contributed by atoms with Gasteiger partial charge in [0.2, 0.25) is 11.8 Å². The number of azide groups is 2. The number of hydrogen-bond acceptors (Lipinski definition) is 19. The zero-order chi connectivity index (χ0) is 53.1. The topological polar surface area (TPSA) is 386 Å². The molecular weight excluding hydrogens is 964 g/mol. The van der Waals surface area contributed by atoms with Gasteiger partial charge in [-0.05, 0) is 61.0 Å². The Morgan fingerprint density at radius 3 is 1.39 bits per heavy atom. The molecule has 29 heteroatoms. The van der Waals surface area contributed by atoms with Crippen molar-refractivity contribution in [2.45, 2.75) is 51.4 Å². The second kappa shape index (κ2) is 41.9. The summed E-state index contributed by atoms with van der Waals surface area (Å²) in [5.41, 5.74) is 20.4. The molecule has 0 saturated heterocycles. The number of carbonyl (C=O) groups excluding carboxylic acids is 6. The van der Waals surface area contributed by atoms with Crippen molar-refractivity contribution in [1.29, 1.82) is 0 Å².